The number of hydrogen-bond donors (Lipinski definition) is 0. The molecule has 1 saturated heterocycles. The van der Waals surface area contributed by atoms with Crippen molar-refractivity contribution in [3.8, 4) is 11.3 Å². The normalized spacial score (nSPS) is 19.1. The number of ether oxygens (including phenoxy) is 1. The van der Waals surface area contributed by atoms with Gasteiger partial charge in [0.05, 0.1) is 31.4 Å². The zero-order valence-electron chi connectivity index (χ0n) is 19.3. The molecule has 1 amide bonds. The average Bonchev–Trinajstić information content (AvgIpc) is 3.25. The molecule has 0 unspecified atom stereocenters. The molecule has 1 fully saturated rings. The van der Waals surface area contributed by atoms with Crippen LogP contribution in [0.1, 0.15) is 44.5 Å². The molecule has 3 aliphatic rings. The van der Waals surface area contributed by atoms with Gasteiger partial charge >= 0.3 is 0 Å². The number of fused-ring (bicyclic) bond motifs is 7. The Morgan fingerprint density at radius 3 is 2.53 bits per heavy atom. The van der Waals surface area contributed by atoms with Gasteiger partial charge in [-0.3, -0.25) is 19.3 Å². The highest BCUT2D eigenvalue weighted by Gasteiger charge is 2.40. The molecular weight excluding hydrogens is 432 g/mol. The Morgan fingerprint density at radius 2 is 1.74 bits per heavy atom. The molecule has 6 rings (SSSR count). The lowest BCUT2D eigenvalue weighted by molar-refractivity contribution is -0.141. The van der Waals surface area contributed by atoms with Crippen LogP contribution in [0.15, 0.2) is 34.7 Å². The van der Waals surface area contributed by atoms with Crippen LogP contribution in [0.5, 0.6) is 0 Å². The number of amides is 1. The second-order valence-corrected chi connectivity index (χ2v) is 9.36. The lowest BCUT2D eigenvalue weighted by Crippen LogP contribution is -2.51. The summed E-state index contributed by atoms with van der Waals surface area (Å²) >= 11 is 0. The summed E-state index contributed by atoms with van der Waals surface area (Å²) in [6.45, 7) is 7.33. The molecule has 1 aromatic heterocycles. The van der Waals surface area contributed by atoms with Crippen LogP contribution in [-0.2, 0) is 22.5 Å². The van der Waals surface area contributed by atoms with Crippen LogP contribution in [0.3, 0.4) is 0 Å². The second-order valence-electron chi connectivity index (χ2n) is 9.36. The van der Waals surface area contributed by atoms with Gasteiger partial charge in [-0.05, 0) is 42.7 Å². The van der Waals surface area contributed by atoms with Crippen molar-refractivity contribution in [2.45, 2.75) is 32.9 Å². The summed E-state index contributed by atoms with van der Waals surface area (Å²) in [5, 5.41) is 1.74. The molecule has 0 radical (unpaired) electrons. The first-order valence-corrected chi connectivity index (χ1v) is 11.8. The quantitative estimate of drug-likeness (QED) is 0.548. The smallest absolute Gasteiger partial charge is 0.239 e. The predicted octanol–water partition coefficient (Wildman–Crippen LogP) is 3.39. The largest absolute Gasteiger partial charge is 0.459 e. The van der Waals surface area contributed by atoms with E-state index in [0.29, 0.717) is 74.0 Å². The topological polar surface area (TPSA) is 80.1 Å². The SMILES string of the molecule is Cc1cccc2c3c(ccc12)-c1oc2c(c1C(=O)C3=O)CCN([C@@H](C)C(=O)N1CCOCC1)C2. The minimum atomic E-state index is -0.493. The number of benzene rings is 2. The summed E-state index contributed by atoms with van der Waals surface area (Å²) in [6, 6.07) is 9.38. The van der Waals surface area contributed by atoms with Crippen LogP contribution < -0.4 is 0 Å². The number of furan rings is 1. The van der Waals surface area contributed by atoms with Crippen LogP contribution in [0.25, 0.3) is 22.1 Å². The van der Waals surface area contributed by atoms with Crippen LogP contribution in [0, 0.1) is 6.92 Å². The van der Waals surface area contributed by atoms with E-state index in [1.165, 1.54) is 0 Å². The van der Waals surface area contributed by atoms with Crippen molar-refractivity contribution in [1.82, 2.24) is 9.80 Å². The number of Topliss-reactive ketones (excluding diaryl/α,β-unsaturated/α-hetero) is 2. The first kappa shape index (κ1) is 21.3. The van der Waals surface area contributed by atoms with Crippen LogP contribution in [-0.4, -0.2) is 66.2 Å². The minimum absolute atomic E-state index is 0.0847. The molecule has 2 aliphatic heterocycles. The zero-order chi connectivity index (χ0) is 23.6. The second kappa shape index (κ2) is 7.89. The van der Waals surface area contributed by atoms with E-state index >= 15 is 0 Å². The van der Waals surface area contributed by atoms with E-state index in [4.69, 9.17) is 9.15 Å². The molecule has 0 saturated carbocycles. The van der Waals surface area contributed by atoms with E-state index in [-0.39, 0.29) is 11.9 Å². The van der Waals surface area contributed by atoms with Gasteiger partial charge in [0.1, 0.15) is 11.5 Å². The monoisotopic (exact) mass is 458 g/mol. The summed E-state index contributed by atoms with van der Waals surface area (Å²) in [4.78, 5) is 43.5. The predicted molar refractivity (Wildman–Crippen MR) is 126 cm³/mol. The number of nitrogens with zero attached hydrogens (tertiary/aromatic N) is 2. The van der Waals surface area contributed by atoms with Crippen LogP contribution in [0.4, 0.5) is 0 Å². The minimum Gasteiger partial charge on any atom is -0.459 e. The Balaban J connectivity index is 1.38. The van der Waals surface area contributed by atoms with Crippen molar-refractivity contribution < 1.29 is 23.5 Å². The molecule has 174 valence electrons. The molecule has 34 heavy (non-hydrogen) atoms. The van der Waals surface area contributed by atoms with Crippen LogP contribution in [0.2, 0.25) is 0 Å². The number of rotatable bonds is 2. The highest BCUT2D eigenvalue weighted by molar-refractivity contribution is 6.54. The number of aryl methyl sites for hydroxylation is 1. The van der Waals surface area contributed by atoms with Crippen LogP contribution >= 0.6 is 0 Å². The highest BCUT2D eigenvalue weighted by atomic mass is 16.5. The van der Waals surface area contributed by atoms with Crippen molar-refractivity contribution in [2.24, 2.45) is 0 Å². The number of hydrogen-bond acceptors (Lipinski definition) is 6. The fraction of sp³-hybridized carbons (Fsp3) is 0.370. The maximum atomic E-state index is 13.3. The molecule has 1 atom stereocenters. The van der Waals surface area contributed by atoms with Gasteiger partial charge in [-0.2, -0.15) is 0 Å². The molecule has 0 N–H and O–H groups in total. The molecule has 3 heterocycles. The van der Waals surface area contributed by atoms with E-state index in [0.717, 1.165) is 21.9 Å². The van der Waals surface area contributed by atoms with E-state index < -0.39 is 11.6 Å². The Hall–Kier alpha value is -3.29. The Morgan fingerprint density at radius 1 is 0.971 bits per heavy atom. The third kappa shape index (κ3) is 3.07. The highest BCUT2D eigenvalue weighted by Crippen LogP contribution is 2.43. The van der Waals surface area contributed by atoms with E-state index in [9.17, 15) is 14.4 Å². The summed E-state index contributed by atoms with van der Waals surface area (Å²) in [5.74, 6) is 0.285. The van der Waals surface area contributed by atoms with E-state index in [1.807, 2.05) is 49.1 Å². The first-order chi connectivity index (χ1) is 16.5. The van der Waals surface area contributed by atoms with Crippen molar-refractivity contribution in [3.05, 3.63) is 58.3 Å². The molecule has 2 aromatic carbocycles. The fourth-order valence-electron chi connectivity index (χ4n) is 5.56. The van der Waals surface area contributed by atoms with Gasteiger partial charge in [-0.15, -0.1) is 0 Å². The summed E-state index contributed by atoms with van der Waals surface area (Å²) in [5.41, 5.74) is 3.38. The third-order valence-corrected chi connectivity index (χ3v) is 7.50. The number of carbonyl (C=O) groups is 3. The van der Waals surface area contributed by atoms with Gasteiger partial charge < -0.3 is 14.1 Å². The van der Waals surface area contributed by atoms with Gasteiger partial charge in [0.15, 0.2) is 0 Å². The summed E-state index contributed by atoms with van der Waals surface area (Å²) in [6.07, 6.45) is 0.565. The van der Waals surface area contributed by atoms with E-state index in [1.54, 1.807) is 0 Å². The van der Waals surface area contributed by atoms with Gasteiger partial charge in [-0.25, -0.2) is 0 Å². The number of ketones is 2. The van der Waals surface area contributed by atoms with Gasteiger partial charge in [0.2, 0.25) is 17.5 Å². The molecule has 0 spiro atoms. The van der Waals surface area contributed by atoms with Crippen molar-refractivity contribution >= 4 is 28.2 Å². The zero-order valence-corrected chi connectivity index (χ0v) is 19.3. The molecule has 7 nitrogen and oxygen atoms in total. The lowest BCUT2D eigenvalue weighted by atomic mass is 9.82. The van der Waals surface area contributed by atoms with Gasteiger partial charge in [0, 0.05) is 36.3 Å². The molecule has 1 aliphatic carbocycles. The Labute approximate surface area is 197 Å². The van der Waals surface area contributed by atoms with Crippen molar-refractivity contribution in [2.75, 3.05) is 32.8 Å². The third-order valence-electron chi connectivity index (χ3n) is 7.50. The molecule has 7 heteroatoms. The average molecular weight is 459 g/mol. The number of carbonyl (C=O) groups excluding carboxylic acids is 3. The standard InChI is InChI=1S/C27H26N2O5/c1-15-4-3-5-18-17(15)6-7-20-22(18)24(30)25(31)23-19-8-9-29(14-21(19)34-26(20)23)16(2)27(32)28-10-12-33-13-11-28/h3-7,16H,8-14H2,1-2H3/t16-/m0/s1. The van der Waals surface area contributed by atoms with E-state index in [2.05, 4.69) is 4.90 Å². The number of morpholine rings is 1. The Bertz CT molecular complexity index is 1370. The maximum absolute atomic E-state index is 13.3. The van der Waals surface area contributed by atoms with Crippen molar-refractivity contribution in [1.29, 1.82) is 0 Å². The molecule has 3 aromatic rings. The summed E-state index contributed by atoms with van der Waals surface area (Å²) in [7, 11) is 0. The first-order valence-electron chi connectivity index (χ1n) is 11.8. The molecule has 0 bridgehead atoms. The lowest BCUT2D eigenvalue weighted by Gasteiger charge is -2.35. The fourth-order valence-corrected chi connectivity index (χ4v) is 5.56. The van der Waals surface area contributed by atoms with Gasteiger partial charge in [0.25, 0.3) is 0 Å². The Kier molecular flexibility index (Phi) is 4.93. The van der Waals surface area contributed by atoms with Gasteiger partial charge in [-0.1, -0.05) is 24.3 Å². The summed E-state index contributed by atoms with van der Waals surface area (Å²) < 4.78 is 11.7. The van der Waals surface area contributed by atoms with Crippen molar-refractivity contribution in [3.63, 3.8) is 0 Å². The molecular formula is C27H26N2O5. The maximum Gasteiger partial charge on any atom is 0.239 e.